The SMILES string of the molecule is c1ccc(-c2nc(-c3ccccc3)nc(-c3cccc(-n4c5cccc6c5c5c7c(cccc7c(-c7ccccc7)cc54)-c4ccccc4-6)c3)n2)cc1. The summed E-state index contributed by atoms with van der Waals surface area (Å²) < 4.78 is 2.44. The third kappa shape index (κ3) is 4.59. The van der Waals surface area contributed by atoms with Crippen molar-refractivity contribution >= 4 is 32.6 Å². The van der Waals surface area contributed by atoms with Crippen LogP contribution in [0.5, 0.6) is 0 Å². The number of nitrogens with zero attached hydrogens (tertiary/aromatic N) is 4. The second kappa shape index (κ2) is 11.7. The Morgan fingerprint density at radius 1 is 0.302 bits per heavy atom. The number of aromatic nitrogens is 4. The lowest BCUT2D eigenvalue weighted by molar-refractivity contribution is 1.07. The third-order valence-electron chi connectivity index (χ3n) is 10.6. The molecule has 0 bridgehead atoms. The van der Waals surface area contributed by atoms with E-state index < -0.39 is 0 Å². The van der Waals surface area contributed by atoms with E-state index in [0.717, 1.165) is 22.4 Å². The van der Waals surface area contributed by atoms with Crippen LogP contribution in [-0.2, 0) is 0 Å². The van der Waals surface area contributed by atoms with E-state index in [1.54, 1.807) is 0 Å². The first-order chi connectivity index (χ1) is 26.3. The van der Waals surface area contributed by atoms with Gasteiger partial charge in [-0.05, 0) is 63.0 Å². The Hall–Kier alpha value is -7.17. The van der Waals surface area contributed by atoms with Gasteiger partial charge in [0.2, 0.25) is 0 Å². The van der Waals surface area contributed by atoms with Crippen LogP contribution in [-0.4, -0.2) is 19.5 Å². The van der Waals surface area contributed by atoms with Gasteiger partial charge in [0.25, 0.3) is 0 Å². The van der Waals surface area contributed by atoms with Crippen molar-refractivity contribution in [2.24, 2.45) is 0 Å². The lowest BCUT2D eigenvalue weighted by atomic mass is 9.90. The van der Waals surface area contributed by atoms with Gasteiger partial charge in [0.1, 0.15) is 0 Å². The topological polar surface area (TPSA) is 43.6 Å². The van der Waals surface area contributed by atoms with Gasteiger partial charge in [-0.2, -0.15) is 0 Å². The van der Waals surface area contributed by atoms with E-state index in [9.17, 15) is 0 Å². The van der Waals surface area contributed by atoms with Crippen LogP contribution < -0.4 is 0 Å². The molecule has 0 amide bonds. The molecule has 11 rings (SSSR count). The molecule has 10 aromatic rings. The molecule has 0 radical (unpaired) electrons. The zero-order valence-corrected chi connectivity index (χ0v) is 28.6. The number of fused-ring (bicyclic) bond motifs is 3. The Labute approximate surface area is 306 Å². The van der Waals surface area contributed by atoms with Crippen molar-refractivity contribution in [1.29, 1.82) is 0 Å². The van der Waals surface area contributed by atoms with Crippen molar-refractivity contribution in [2.45, 2.75) is 0 Å². The largest absolute Gasteiger partial charge is 0.309 e. The predicted molar refractivity (Wildman–Crippen MR) is 218 cm³/mol. The van der Waals surface area contributed by atoms with Gasteiger partial charge in [0.15, 0.2) is 17.5 Å². The van der Waals surface area contributed by atoms with Crippen LogP contribution in [0.4, 0.5) is 0 Å². The summed E-state index contributed by atoms with van der Waals surface area (Å²) in [6.45, 7) is 0. The van der Waals surface area contributed by atoms with Gasteiger partial charge in [-0.1, -0.05) is 158 Å². The van der Waals surface area contributed by atoms with Gasteiger partial charge < -0.3 is 4.57 Å². The fourth-order valence-electron chi connectivity index (χ4n) is 8.27. The molecule has 0 fully saturated rings. The number of benzene rings is 8. The summed E-state index contributed by atoms with van der Waals surface area (Å²) in [4.78, 5) is 15.1. The minimum Gasteiger partial charge on any atom is -0.309 e. The first-order valence-corrected chi connectivity index (χ1v) is 18.0. The summed E-state index contributed by atoms with van der Waals surface area (Å²) in [5.41, 5.74) is 13.6. The molecule has 0 saturated heterocycles. The van der Waals surface area contributed by atoms with E-state index in [0.29, 0.717) is 17.5 Å². The first-order valence-electron chi connectivity index (χ1n) is 18.0. The maximum Gasteiger partial charge on any atom is 0.164 e. The van der Waals surface area contributed by atoms with Crippen molar-refractivity contribution in [3.05, 3.63) is 182 Å². The number of hydrogen-bond acceptors (Lipinski definition) is 3. The monoisotopic (exact) mass is 674 g/mol. The van der Waals surface area contributed by atoms with E-state index in [4.69, 9.17) is 15.0 Å². The van der Waals surface area contributed by atoms with E-state index >= 15 is 0 Å². The highest BCUT2D eigenvalue weighted by Gasteiger charge is 2.26. The molecular weight excluding hydrogens is 645 g/mol. The molecule has 2 heterocycles. The van der Waals surface area contributed by atoms with E-state index in [-0.39, 0.29) is 0 Å². The number of hydrogen-bond donors (Lipinski definition) is 0. The molecule has 4 nitrogen and oxygen atoms in total. The Balaban J connectivity index is 1.22. The highest BCUT2D eigenvalue weighted by atomic mass is 15.0. The van der Waals surface area contributed by atoms with Crippen LogP contribution in [0.3, 0.4) is 0 Å². The van der Waals surface area contributed by atoms with Crippen molar-refractivity contribution in [3.8, 4) is 73.2 Å². The Morgan fingerprint density at radius 3 is 1.43 bits per heavy atom. The zero-order valence-electron chi connectivity index (χ0n) is 28.6. The smallest absolute Gasteiger partial charge is 0.164 e. The van der Waals surface area contributed by atoms with E-state index in [1.165, 1.54) is 66.0 Å². The summed E-state index contributed by atoms with van der Waals surface area (Å²) in [5.74, 6) is 1.93. The maximum absolute atomic E-state index is 5.07. The Kier molecular flexibility index (Phi) is 6.52. The van der Waals surface area contributed by atoms with Crippen molar-refractivity contribution < 1.29 is 0 Å². The Morgan fingerprint density at radius 2 is 0.792 bits per heavy atom. The Bertz CT molecular complexity index is 2980. The predicted octanol–water partition coefficient (Wildman–Crippen LogP) is 12.4. The average molecular weight is 675 g/mol. The third-order valence-corrected chi connectivity index (χ3v) is 10.6. The quantitative estimate of drug-likeness (QED) is 0.182. The molecule has 0 saturated carbocycles. The molecule has 53 heavy (non-hydrogen) atoms. The molecule has 4 heteroatoms. The minimum atomic E-state index is 0.633. The highest BCUT2D eigenvalue weighted by molar-refractivity contribution is 6.32. The van der Waals surface area contributed by atoms with E-state index in [2.05, 4.69) is 126 Å². The molecule has 246 valence electrons. The number of rotatable bonds is 5. The lowest BCUT2D eigenvalue weighted by Crippen LogP contribution is -2.01. The zero-order chi connectivity index (χ0) is 34.9. The van der Waals surface area contributed by atoms with Gasteiger partial charge in [-0.15, -0.1) is 0 Å². The molecule has 1 aliphatic rings. The molecule has 0 N–H and O–H groups in total. The summed E-state index contributed by atoms with van der Waals surface area (Å²) in [7, 11) is 0. The molecule has 1 aliphatic carbocycles. The maximum atomic E-state index is 5.07. The molecule has 0 spiro atoms. The summed E-state index contributed by atoms with van der Waals surface area (Å²) in [6.07, 6.45) is 0. The van der Waals surface area contributed by atoms with Crippen molar-refractivity contribution in [3.63, 3.8) is 0 Å². The van der Waals surface area contributed by atoms with Crippen LogP contribution in [0, 0.1) is 0 Å². The fraction of sp³-hybridized carbons (Fsp3) is 0. The second-order valence-corrected chi connectivity index (χ2v) is 13.6. The van der Waals surface area contributed by atoms with Crippen LogP contribution in [0.1, 0.15) is 0 Å². The highest BCUT2D eigenvalue weighted by Crippen LogP contribution is 2.51. The minimum absolute atomic E-state index is 0.633. The van der Waals surface area contributed by atoms with Gasteiger partial charge in [-0.3, -0.25) is 0 Å². The molecular formula is C49H30N4. The molecule has 8 aromatic carbocycles. The summed E-state index contributed by atoms with van der Waals surface area (Å²) in [6, 6.07) is 64.5. The first kappa shape index (κ1) is 29.5. The van der Waals surface area contributed by atoms with Gasteiger partial charge in [-0.25, -0.2) is 15.0 Å². The second-order valence-electron chi connectivity index (χ2n) is 13.6. The average Bonchev–Trinajstić information content (AvgIpc) is 3.52. The van der Waals surface area contributed by atoms with Gasteiger partial charge in [0.05, 0.1) is 11.0 Å². The molecule has 0 unspecified atom stereocenters. The van der Waals surface area contributed by atoms with Crippen LogP contribution >= 0.6 is 0 Å². The van der Waals surface area contributed by atoms with Crippen LogP contribution in [0.2, 0.25) is 0 Å². The molecule has 2 aromatic heterocycles. The van der Waals surface area contributed by atoms with Gasteiger partial charge in [0, 0.05) is 38.5 Å². The summed E-state index contributed by atoms with van der Waals surface area (Å²) in [5, 5.41) is 5.10. The molecule has 0 aliphatic heterocycles. The fourth-order valence-corrected chi connectivity index (χ4v) is 8.27. The normalized spacial score (nSPS) is 11.8. The standard InChI is InChI=1S/C49H30N4/c1-4-15-31(16-5-1)41-30-43-46-44-38(25-13-26-40(41)44)36-23-10-11-24-37(36)39-27-14-28-42(45(39)46)53(43)35-22-12-21-34(29-35)49-51-47(32-17-6-2-7-18-32)50-48(52-49)33-19-8-3-9-20-33/h1-30H. The van der Waals surface area contributed by atoms with E-state index in [1.807, 2.05) is 60.7 Å². The lowest BCUT2D eigenvalue weighted by Gasteiger charge is -2.16. The van der Waals surface area contributed by atoms with Crippen molar-refractivity contribution in [2.75, 3.05) is 0 Å². The summed E-state index contributed by atoms with van der Waals surface area (Å²) >= 11 is 0. The van der Waals surface area contributed by atoms with Crippen LogP contribution in [0.15, 0.2) is 182 Å². The van der Waals surface area contributed by atoms with Crippen LogP contribution in [0.25, 0.3) is 106 Å². The molecule has 0 atom stereocenters. The van der Waals surface area contributed by atoms with Crippen molar-refractivity contribution in [1.82, 2.24) is 19.5 Å². The van der Waals surface area contributed by atoms with Gasteiger partial charge >= 0.3 is 0 Å².